The van der Waals surface area contributed by atoms with Gasteiger partial charge in [-0.2, -0.15) is 8.42 Å². The van der Waals surface area contributed by atoms with Gasteiger partial charge in [0.05, 0.1) is 12.0 Å². The number of rotatable bonds is 7. The molecule has 0 bridgehead atoms. The third-order valence-electron chi connectivity index (χ3n) is 4.09. The molecule has 3 nitrogen and oxygen atoms in total. The number of aryl methyl sites for hydroxylation is 1. The molecule has 0 saturated heterocycles. The second-order valence-electron chi connectivity index (χ2n) is 5.66. The zero-order chi connectivity index (χ0) is 15.1. The van der Waals surface area contributed by atoms with Crippen LogP contribution in [0.2, 0.25) is 0 Å². The van der Waals surface area contributed by atoms with Crippen LogP contribution >= 0.6 is 0 Å². The Morgan fingerprint density at radius 3 is 2.71 bits per heavy atom. The van der Waals surface area contributed by atoms with Gasteiger partial charge in [0.1, 0.15) is 0 Å². The molecule has 0 radical (unpaired) electrons. The molecule has 4 heteroatoms. The normalized spacial score (nSPS) is 16.8. The lowest BCUT2D eigenvalue weighted by molar-refractivity contribution is 0.318. The van der Waals surface area contributed by atoms with Crippen molar-refractivity contribution in [3.63, 3.8) is 0 Å². The first-order chi connectivity index (χ1) is 10.1. The Morgan fingerprint density at radius 1 is 1.24 bits per heavy atom. The van der Waals surface area contributed by atoms with Crippen molar-refractivity contribution in [2.45, 2.75) is 50.9 Å². The van der Waals surface area contributed by atoms with Crippen molar-refractivity contribution in [1.29, 1.82) is 0 Å². The highest BCUT2D eigenvalue weighted by molar-refractivity contribution is 7.89. The lowest BCUT2D eigenvalue weighted by Gasteiger charge is -2.22. The van der Waals surface area contributed by atoms with Crippen LogP contribution in [0.3, 0.4) is 0 Å². The van der Waals surface area contributed by atoms with Crippen LogP contribution in [0.25, 0.3) is 0 Å². The molecule has 0 N–H and O–H groups in total. The van der Waals surface area contributed by atoms with Crippen molar-refractivity contribution >= 4 is 10.1 Å². The highest BCUT2D eigenvalue weighted by Crippen LogP contribution is 2.32. The summed E-state index contributed by atoms with van der Waals surface area (Å²) in [5, 5.41) is 0.844. The summed E-state index contributed by atoms with van der Waals surface area (Å²) in [6, 6.07) is 8.71. The van der Waals surface area contributed by atoms with Gasteiger partial charge in [0.25, 0.3) is 10.1 Å². The molecule has 1 aliphatic rings. The highest BCUT2D eigenvalue weighted by atomic mass is 32.2. The molecule has 2 rings (SSSR count). The smallest absolute Gasteiger partial charge is 0.267 e. The van der Waals surface area contributed by atoms with Gasteiger partial charge in [-0.15, -0.1) is 0 Å². The molecule has 1 aromatic carbocycles. The fraction of sp³-hybridized carbons (Fsp3) is 0.529. The Hall–Kier alpha value is -1.13. The minimum absolute atomic E-state index is 0.210. The molecule has 21 heavy (non-hydrogen) atoms. The summed E-state index contributed by atoms with van der Waals surface area (Å²) in [6.45, 7) is 3.43. The Kier molecular flexibility index (Phi) is 6.00. The molecule has 0 unspecified atom stereocenters. The predicted octanol–water partition coefficient (Wildman–Crippen LogP) is 4.16. The van der Waals surface area contributed by atoms with E-state index >= 15 is 0 Å². The second kappa shape index (κ2) is 7.76. The first-order valence-corrected chi connectivity index (χ1v) is 9.18. The molecule has 1 aromatic rings. The van der Waals surface area contributed by atoms with Crippen LogP contribution in [-0.4, -0.2) is 15.0 Å². The van der Waals surface area contributed by atoms with Crippen molar-refractivity contribution in [2.24, 2.45) is 0 Å². The summed E-state index contributed by atoms with van der Waals surface area (Å²) in [6.07, 6.45) is 8.16. The molecular formula is C17H24O3S. The topological polar surface area (TPSA) is 43.4 Å². The number of hydrogen-bond donors (Lipinski definition) is 0. The van der Waals surface area contributed by atoms with E-state index < -0.39 is 10.1 Å². The van der Waals surface area contributed by atoms with Crippen LogP contribution in [0.15, 0.2) is 36.3 Å². The summed E-state index contributed by atoms with van der Waals surface area (Å²) in [5.74, 6) is 0.705. The van der Waals surface area contributed by atoms with E-state index in [0.717, 1.165) is 11.8 Å². The summed E-state index contributed by atoms with van der Waals surface area (Å²) in [5.41, 5.74) is 2.70. The fourth-order valence-corrected chi connectivity index (χ4v) is 3.38. The van der Waals surface area contributed by atoms with E-state index in [4.69, 9.17) is 4.18 Å². The van der Waals surface area contributed by atoms with Crippen LogP contribution in [0, 0.1) is 0 Å². The van der Waals surface area contributed by atoms with Crippen LogP contribution < -0.4 is 0 Å². The Labute approximate surface area is 128 Å². The zero-order valence-corrected chi connectivity index (χ0v) is 13.3. The average Bonchev–Trinajstić information content (AvgIpc) is 2.53. The Bertz CT molecular complexity index is 557. The summed E-state index contributed by atoms with van der Waals surface area (Å²) < 4.78 is 27.1. The van der Waals surface area contributed by atoms with Crippen molar-refractivity contribution in [3.05, 3.63) is 47.4 Å². The van der Waals surface area contributed by atoms with E-state index in [9.17, 15) is 8.42 Å². The van der Waals surface area contributed by atoms with Gasteiger partial charge in [-0.05, 0) is 42.7 Å². The third-order valence-corrected chi connectivity index (χ3v) is 4.99. The maximum absolute atomic E-state index is 11.1. The molecule has 0 spiro atoms. The van der Waals surface area contributed by atoms with Gasteiger partial charge in [-0.3, -0.25) is 4.18 Å². The lowest BCUT2D eigenvalue weighted by atomic mass is 9.83. The van der Waals surface area contributed by atoms with Gasteiger partial charge in [0.15, 0.2) is 0 Å². The standard InChI is InChI=1S/C17H24O3S/c1-2-21(18,19)20-13-7-9-15-8-6-12-17(14-15)16-10-4-3-5-11-16/h2,6,8,12,14,16H,1,3-5,7,9-11,13H2. The van der Waals surface area contributed by atoms with Crippen molar-refractivity contribution in [1.82, 2.24) is 0 Å². The number of benzene rings is 1. The molecule has 0 amide bonds. The van der Waals surface area contributed by atoms with Crippen molar-refractivity contribution in [2.75, 3.05) is 6.61 Å². The van der Waals surface area contributed by atoms with Gasteiger partial charge < -0.3 is 0 Å². The molecule has 0 aliphatic heterocycles. The van der Waals surface area contributed by atoms with E-state index in [1.807, 2.05) is 0 Å². The molecule has 1 saturated carbocycles. The number of hydrogen-bond acceptors (Lipinski definition) is 3. The molecule has 0 aromatic heterocycles. The zero-order valence-electron chi connectivity index (χ0n) is 12.5. The molecular weight excluding hydrogens is 284 g/mol. The van der Waals surface area contributed by atoms with Gasteiger partial charge in [-0.25, -0.2) is 0 Å². The monoisotopic (exact) mass is 308 g/mol. The highest BCUT2D eigenvalue weighted by Gasteiger charge is 2.15. The lowest BCUT2D eigenvalue weighted by Crippen LogP contribution is -2.06. The van der Waals surface area contributed by atoms with E-state index in [1.165, 1.54) is 43.2 Å². The Balaban J connectivity index is 1.85. The van der Waals surface area contributed by atoms with Crippen LogP contribution in [0.4, 0.5) is 0 Å². The van der Waals surface area contributed by atoms with Crippen molar-refractivity contribution < 1.29 is 12.6 Å². The SMILES string of the molecule is C=CS(=O)(=O)OCCCc1cccc(C2CCCCC2)c1. The summed E-state index contributed by atoms with van der Waals surface area (Å²) in [7, 11) is -3.54. The summed E-state index contributed by atoms with van der Waals surface area (Å²) in [4.78, 5) is 0. The van der Waals surface area contributed by atoms with Gasteiger partial charge in [0.2, 0.25) is 0 Å². The van der Waals surface area contributed by atoms with Gasteiger partial charge >= 0.3 is 0 Å². The molecule has 1 aliphatic carbocycles. The average molecular weight is 308 g/mol. The van der Waals surface area contributed by atoms with E-state index in [0.29, 0.717) is 12.3 Å². The fourth-order valence-electron chi connectivity index (χ4n) is 2.94. The largest absolute Gasteiger partial charge is 0.289 e. The second-order valence-corrected chi connectivity index (χ2v) is 7.22. The van der Waals surface area contributed by atoms with Crippen LogP contribution in [0.1, 0.15) is 55.6 Å². The first kappa shape index (κ1) is 16.2. The van der Waals surface area contributed by atoms with Crippen LogP contribution in [0.5, 0.6) is 0 Å². The van der Waals surface area contributed by atoms with Crippen LogP contribution in [-0.2, 0) is 20.7 Å². The van der Waals surface area contributed by atoms with Gasteiger partial charge in [0, 0.05) is 0 Å². The van der Waals surface area contributed by atoms with Crippen molar-refractivity contribution in [3.8, 4) is 0 Å². The minimum atomic E-state index is -3.54. The molecule has 116 valence electrons. The predicted molar refractivity (Wildman–Crippen MR) is 85.7 cm³/mol. The van der Waals surface area contributed by atoms with E-state index in [1.54, 1.807) is 0 Å². The minimum Gasteiger partial charge on any atom is -0.267 e. The maximum Gasteiger partial charge on any atom is 0.289 e. The quantitative estimate of drug-likeness (QED) is 0.561. The van der Waals surface area contributed by atoms with Gasteiger partial charge in [-0.1, -0.05) is 50.1 Å². The first-order valence-electron chi connectivity index (χ1n) is 7.71. The maximum atomic E-state index is 11.1. The Morgan fingerprint density at radius 2 is 2.00 bits per heavy atom. The van der Waals surface area contributed by atoms with E-state index in [-0.39, 0.29) is 6.61 Å². The summed E-state index contributed by atoms with van der Waals surface area (Å²) >= 11 is 0. The van der Waals surface area contributed by atoms with E-state index in [2.05, 4.69) is 30.8 Å². The molecule has 1 fully saturated rings. The molecule has 0 heterocycles. The molecule has 0 atom stereocenters. The third kappa shape index (κ3) is 5.29.